The second-order valence-corrected chi connectivity index (χ2v) is 9.20. The van der Waals surface area contributed by atoms with Crippen LogP contribution >= 0.6 is 0 Å². The van der Waals surface area contributed by atoms with E-state index in [1.165, 1.54) is 37.4 Å². The highest BCUT2D eigenvalue weighted by molar-refractivity contribution is 7.92. The van der Waals surface area contributed by atoms with Crippen molar-refractivity contribution in [2.24, 2.45) is 0 Å². The molecule has 0 saturated carbocycles. The van der Waals surface area contributed by atoms with Crippen molar-refractivity contribution in [1.29, 1.82) is 0 Å². The second-order valence-electron chi connectivity index (χ2n) is 5.60. The molecule has 0 bridgehead atoms. The van der Waals surface area contributed by atoms with Crippen molar-refractivity contribution in [3.05, 3.63) is 53.6 Å². The average molecular weight is 397 g/mol. The highest BCUT2D eigenvalue weighted by Crippen LogP contribution is 2.21. The van der Waals surface area contributed by atoms with Crippen molar-refractivity contribution < 1.29 is 21.6 Å². The van der Waals surface area contributed by atoms with Crippen LogP contribution in [-0.2, 0) is 20.0 Å². The summed E-state index contributed by atoms with van der Waals surface area (Å²) >= 11 is 0. The topological polar surface area (TPSA) is 121 Å². The van der Waals surface area contributed by atoms with E-state index in [-0.39, 0.29) is 16.1 Å². The number of rotatable bonds is 6. The van der Waals surface area contributed by atoms with Crippen molar-refractivity contribution in [3.8, 4) is 0 Å². The van der Waals surface area contributed by atoms with E-state index in [1.54, 1.807) is 19.1 Å². The third-order valence-corrected chi connectivity index (χ3v) is 5.60. The zero-order chi connectivity index (χ0) is 19.5. The summed E-state index contributed by atoms with van der Waals surface area (Å²) < 4.78 is 51.1. The van der Waals surface area contributed by atoms with Crippen LogP contribution in [0, 0.1) is 6.92 Å². The van der Waals surface area contributed by atoms with E-state index in [4.69, 9.17) is 0 Å². The number of anilines is 2. The molecule has 0 aliphatic rings. The van der Waals surface area contributed by atoms with Gasteiger partial charge in [0.1, 0.15) is 0 Å². The van der Waals surface area contributed by atoms with Gasteiger partial charge in [0.05, 0.1) is 11.2 Å². The fourth-order valence-corrected chi connectivity index (χ4v) is 3.77. The van der Waals surface area contributed by atoms with Crippen LogP contribution in [0.5, 0.6) is 0 Å². The average Bonchev–Trinajstić information content (AvgIpc) is 2.55. The lowest BCUT2D eigenvalue weighted by Gasteiger charge is -2.11. The van der Waals surface area contributed by atoms with Crippen molar-refractivity contribution in [1.82, 2.24) is 4.72 Å². The Morgan fingerprint density at radius 1 is 0.962 bits per heavy atom. The van der Waals surface area contributed by atoms with Crippen molar-refractivity contribution >= 4 is 37.3 Å². The second kappa shape index (κ2) is 7.44. The van der Waals surface area contributed by atoms with Crippen LogP contribution in [0.4, 0.5) is 11.4 Å². The fraction of sp³-hybridized carbons (Fsp3) is 0.188. The van der Waals surface area contributed by atoms with Crippen LogP contribution in [0.1, 0.15) is 15.9 Å². The van der Waals surface area contributed by atoms with E-state index >= 15 is 0 Å². The number of hydrogen-bond donors (Lipinski definition) is 3. The van der Waals surface area contributed by atoms with Gasteiger partial charge in [0.15, 0.2) is 0 Å². The molecule has 0 fully saturated rings. The number of benzene rings is 2. The molecule has 10 heteroatoms. The Morgan fingerprint density at radius 2 is 1.65 bits per heavy atom. The SMILES string of the molecule is CNS(=O)(=O)c1cc(NC(=O)c2cccc(NS(C)(=O)=O)c2)ccc1C. The summed E-state index contributed by atoms with van der Waals surface area (Å²) in [5.74, 6) is -0.501. The van der Waals surface area contributed by atoms with Gasteiger partial charge in [-0.1, -0.05) is 12.1 Å². The normalized spacial score (nSPS) is 11.8. The number of aryl methyl sites for hydroxylation is 1. The maximum atomic E-state index is 12.4. The minimum atomic E-state index is -3.66. The predicted molar refractivity (Wildman–Crippen MR) is 100 cm³/mol. The summed E-state index contributed by atoms with van der Waals surface area (Å²) in [4.78, 5) is 12.5. The molecular weight excluding hydrogens is 378 g/mol. The molecule has 0 unspecified atom stereocenters. The number of sulfonamides is 2. The lowest BCUT2D eigenvalue weighted by Crippen LogP contribution is -2.20. The number of carbonyl (C=O) groups excluding carboxylic acids is 1. The van der Waals surface area contributed by atoms with Crippen LogP contribution in [-0.4, -0.2) is 36.0 Å². The Hall–Kier alpha value is -2.43. The highest BCUT2D eigenvalue weighted by Gasteiger charge is 2.16. The number of amides is 1. The predicted octanol–water partition coefficient (Wildman–Crippen LogP) is 1.53. The Kier molecular flexibility index (Phi) is 5.69. The zero-order valence-corrected chi connectivity index (χ0v) is 16.0. The summed E-state index contributed by atoms with van der Waals surface area (Å²) in [6, 6.07) is 10.5. The van der Waals surface area contributed by atoms with Gasteiger partial charge in [0, 0.05) is 16.9 Å². The minimum Gasteiger partial charge on any atom is -0.322 e. The number of nitrogens with one attached hydrogen (secondary N) is 3. The summed E-state index contributed by atoms with van der Waals surface area (Å²) in [5, 5.41) is 2.60. The van der Waals surface area contributed by atoms with Gasteiger partial charge in [0.25, 0.3) is 5.91 Å². The molecule has 0 aromatic heterocycles. The molecule has 0 radical (unpaired) electrons. The van der Waals surface area contributed by atoms with E-state index in [9.17, 15) is 21.6 Å². The fourth-order valence-electron chi connectivity index (χ4n) is 2.22. The van der Waals surface area contributed by atoms with Crippen LogP contribution in [0.25, 0.3) is 0 Å². The number of hydrogen-bond acceptors (Lipinski definition) is 5. The molecule has 8 nitrogen and oxygen atoms in total. The zero-order valence-electron chi connectivity index (χ0n) is 14.4. The molecule has 0 aliphatic carbocycles. The van der Waals surface area contributed by atoms with Gasteiger partial charge in [-0.25, -0.2) is 21.6 Å². The Labute approximate surface area is 152 Å². The monoisotopic (exact) mass is 397 g/mol. The molecule has 0 heterocycles. The van der Waals surface area contributed by atoms with E-state index < -0.39 is 26.0 Å². The first-order chi connectivity index (χ1) is 12.0. The Bertz CT molecular complexity index is 1050. The molecule has 0 saturated heterocycles. The van der Waals surface area contributed by atoms with Gasteiger partial charge in [-0.05, 0) is 49.9 Å². The first-order valence-electron chi connectivity index (χ1n) is 7.45. The van der Waals surface area contributed by atoms with Gasteiger partial charge < -0.3 is 5.32 Å². The van der Waals surface area contributed by atoms with Gasteiger partial charge in [-0.15, -0.1) is 0 Å². The van der Waals surface area contributed by atoms with Crippen molar-refractivity contribution in [3.63, 3.8) is 0 Å². The summed E-state index contributed by atoms with van der Waals surface area (Å²) in [6.07, 6.45) is 1.01. The van der Waals surface area contributed by atoms with Gasteiger partial charge in [-0.2, -0.15) is 0 Å². The molecule has 0 aliphatic heterocycles. The molecule has 0 atom stereocenters. The maximum absolute atomic E-state index is 12.4. The standard InChI is InChI=1S/C16H19N3O5S2/c1-11-7-8-13(10-15(11)26(23,24)17-2)18-16(20)12-5-4-6-14(9-12)19-25(3,21)22/h4-10,17,19H,1-3H3,(H,18,20). The van der Waals surface area contributed by atoms with Gasteiger partial charge in [0.2, 0.25) is 20.0 Å². The van der Waals surface area contributed by atoms with Crippen LogP contribution in [0.3, 0.4) is 0 Å². The smallest absolute Gasteiger partial charge is 0.255 e. The van der Waals surface area contributed by atoms with E-state index in [1.807, 2.05) is 0 Å². The summed E-state index contributed by atoms with van der Waals surface area (Å²) in [6.45, 7) is 1.65. The Balaban J connectivity index is 2.28. The van der Waals surface area contributed by atoms with E-state index in [0.717, 1.165) is 6.26 Å². The van der Waals surface area contributed by atoms with Crippen LogP contribution in [0.2, 0.25) is 0 Å². The van der Waals surface area contributed by atoms with Crippen molar-refractivity contribution in [2.75, 3.05) is 23.3 Å². The number of carbonyl (C=O) groups is 1. The largest absolute Gasteiger partial charge is 0.322 e. The maximum Gasteiger partial charge on any atom is 0.255 e. The van der Waals surface area contributed by atoms with E-state index in [0.29, 0.717) is 11.3 Å². The first-order valence-corrected chi connectivity index (χ1v) is 10.8. The van der Waals surface area contributed by atoms with Gasteiger partial charge >= 0.3 is 0 Å². The molecular formula is C16H19N3O5S2. The molecule has 1 amide bonds. The third kappa shape index (κ3) is 5.04. The lowest BCUT2D eigenvalue weighted by atomic mass is 10.1. The van der Waals surface area contributed by atoms with E-state index in [2.05, 4.69) is 14.8 Å². The molecule has 0 spiro atoms. The molecule has 140 valence electrons. The molecule has 2 aromatic carbocycles. The Morgan fingerprint density at radius 3 is 2.27 bits per heavy atom. The molecule has 2 rings (SSSR count). The van der Waals surface area contributed by atoms with Crippen LogP contribution < -0.4 is 14.8 Å². The first kappa shape index (κ1) is 19.9. The third-order valence-electron chi connectivity index (χ3n) is 3.43. The molecule has 26 heavy (non-hydrogen) atoms. The summed E-state index contributed by atoms with van der Waals surface area (Å²) in [7, 11) is -5.81. The quantitative estimate of drug-likeness (QED) is 0.682. The minimum absolute atomic E-state index is 0.0605. The summed E-state index contributed by atoms with van der Waals surface area (Å²) in [5.41, 5.74) is 1.31. The highest BCUT2D eigenvalue weighted by atomic mass is 32.2. The molecule has 3 N–H and O–H groups in total. The molecule has 2 aromatic rings. The van der Waals surface area contributed by atoms with Crippen molar-refractivity contribution in [2.45, 2.75) is 11.8 Å². The van der Waals surface area contributed by atoms with Crippen LogP contribution in [0.15, 0.2) is 47.4 Å². The van der Waals surface area contributed by atoms with Gasteiger partial charge in [-0.3, -0.25) is 9.52 Å². The lowest BCUT2D eigenvalue weighted by molar-refractivity contribution is 0.102.